The van der Waals surface area contributed by atoms with Crippen LogP contribution in [0.2, 0.25) is 0 Å². The van der Waals surface area contributed by atoms with Crippen molar-refractivity contribution >= 4 is 10.8 Å². The Balaban J connectivity index is 2.04. The molecule has 0 aliphatic heterocycles. The summed E-state index contributed by atoms with van der Waals surface area (Å²) in [6, 6.07) is 13.8. The zero-order valence-electron chi connectivity index (χ0n) is 12.2. The molecular formula is C17H19FO2S. The van der Waals surface area contributed by atoms with Gasteiger partial charge in [0.25, 0.3) is 0 Å². The molecular weight excluding hydrogens is 287 g/mol. The third-order valence-corrected chi connectivity index (χ3v) is 4.18. The predicted molar refractivity (Wildman–Crippen MR) is 84.2 cm³/mol. The van der Waals surface area contributed by atoms with Crippen molar-refractivity contribution in [1.82, 2.24) is 0 Å². The van der Waals surface area contributed by atoms with Crippen molar-refractivity contribution < 1.29 is 13.3 Å². The van der Waals surface area contributed by atoms with Gasteiger partial charge >= 0.3 is 0 Å². The Bertz CT molecular complexity index is 608. The van der Waals surface area contributed by atoms with Crippen molar-refractivity contribution in [3.05, 3.63) is 65.5 Å². The summed E-state index contributed by atoms with van der Waals surface area (Å²) in [4.78, 5) is 0. The Kier molecular flexibility index (Phi) is 5.51. The lowest BCUT2D eigenvalue weighted by Crippen LogP contribution is -2.08. The lowest BCUT2D eigenvalue weighted by Gasteiger charge is -2.14. The second-order valence-corrected chi connectivity index (χ2v) is 6.59. The molecule has 112 valence electrons. The van der Waals surface area contributed by atoms with E-state index in [-0.39, 0.29) is 11.9 Å². The molecule has 2 aromatic rings. The van der Waals surface area contributed by atoms with E-state index in [1.807, 2.05) is 38.1 Å². The highest BCUT2D eigenvalue weighted by Crippen LogP contribution is 2.22. The van der Waals surface area contributed by atoms with E-state index in [0.717, 1.165) is 16.9 Å². The van der Waals surface area contributed by atoms with Gasteiger partial charge in [-0.15, -0.1) is 0 Å². The maximum atomic E-state index is 12.9. The topological polar surface area (TPSA) is 26.3 Å². The molecule has 0 aliphatic carbocycles. The zero-order valence-corrected chi connectivity index (χ0v) is 13.0. The van der Waals surface area contributed by atoms with Crippen LogP contribution in [0, 0.1) is 5.82 Å². The predicted octanol–water partition coefficient (Wildman–Crippen LogP) is 4.06. The maximum Gasteiger partial charge on any atom is 0.123 e. The molecule has 0 N–H and O–H groups in total. The minimum Gasteiger partial charge on any atom is -0.491 e. The van der Waals surface area contributed by atoms with Crippen molar-refractivity contribution in [3.8, 4) is 5.75 Å². The molecule has 2 aromatic carbocycles. The molecule has 0 aliphatic rings. The molecule has 4 heteroatoms. The van der Waals surface area contributed by atoms with E-state index >= 15 is 0 Å². The quantitative estimate of drug-likeness (QED) is 0.804. The van der Waals surface area contributed by atoms with Gasteiger partial charge in [0.15, 0.2) is 0 Å². The minimum absolute atomic E-state index is 0.0803. The molecule has 0 bridgehead atoms. The van der Waals surface area contributed by atoms with Crippen LogP contribution in [0.4, 0.5) is 4.39 Å². The molecule has 0 heterocycles. The van der Waals surface area contributed by atoms with Crippen LogP contribution in [0.25, 0.3) is 0 Å². The van der Waals surface area contributed by atoms with Gasteiger partial charge in [-0.2, -0.15) is 0 Å². The second-order valence-electron chi connectivity index (χ2n) is 5.13. The van der Waals surface area contributed by atoms with E-state index in [9.17, 15) is 8.60 Å². The molecule has 0 saturated carbocycles. The normalized spacial score (nSPS) is 12.4. The summed E-state index contributed by atoms with van der Waals surface area (Å²) in [5.74, 6) is 1.34. The lowest BCUT2D eigenvalue weighted by molar-refractivity contribution is 0.240. The van der Waals surface area contributed by atoms with Crippen LogP contribution in [0.1, 0.15) is 25.0 Å². The van der Waals surface area contributed by atoms with Crippen LogP contribution >= 0.6 is 0 Å². The number of rotatable bonds is 6. The number of para-hydroxylation sites is 1. The van der Waals surface area contributed by atoms with E-state index in [0.29, 0.717) is 11.5 Å². The van der Waals surface area contributed by atoms with E-state index in [1.165, 1.54) is 12.1 Å². The summed E-state index contributed by atoms with van der Waals surface area (Å²) in [6.45, 7) is 3.93. The monoisotopic (exact) mass is 306 g/mol. The van der Waals surface area contributed by atoms with Crippen molar-refractivity contribution in [2.45, 2.75) is 31.5 Å². The van der Waals surface area contributed by atoms with Crippen molar-refractivity contribution in [3.63, 3.8) is 0 Å². The third-order valence-electron chi connectivity index (χ3n) is 2.89. The van der Waals surface area contributed by atoms with Crippen LogP contribution < -0.4 is 4.74 Å². The highest BCUT2D eigenvalue weighted by molar-refractivity contribution is 7.83. The van der Waals surface area contributed by atoms with Crippen molar-refractivity contribution in [2.24, 2.45) is 0 Å². The first-order valence-electron chi connectivity index (χ1n) is 6.88. The van der Waals surface area contributed by atoms with Crippen LogP contribution in [-0.2, 0) is 22.3 Å². The first-order chi connectivity index (χ1) is 10.0. The fourth-order valence-corrected chi connectivity index (χ4v) is 3.23. The molecule has 21 heavy (non-hydrogen) atoms. The van der Waals surface area contributed by atoms with Gasteiger partial charge in [0.05, 0.1) is 11.9 Å². The average molecular weight is 306 g/mol. The van der Waals surface area contributed by atoms with Gasteiger partial charge in [-0.3, -0.25) is 4.21 Å². The van der Waals surface area contributed by atoms with Crippen LogP contribution in [0.15, 0.2) is 48.5 Å². The summed E-state index contributed by atoms with van der Waals surface area (Å²) < 4.78 is 30.8. The van der Waals surface area contributed by atoms with Crippen LogP contribution in [0.3, 0.4) is 0 Å². The van der Waals surface area contributed by atoms with E-state index < -0.39 is 10.8 Å². The Morgan fingerprint density at radius 1 is 1.05 bits per heavy atom. The summed E-state index contributed by atoms with van der Waals surface area (Å²) in [7, 11) is -1.06. The number of hydrogen-bond acceptors (Lipinski definition) is 2. The molecule has 1 unspecified atom stereocenters. The highest BCUT2D eigenvalue weighted by Gasteiger charge is 2.09. The smallest absolute Gasteiger partial charge is 0.123 e. The molecule has 1 atom stereocenters. The standard InChI is InChI=1S/C17H19FO2S/c1-13(2)20-17-6-4-3-5-15(17)12-21(19)11-14-7-9-16(18)10-8-14/h3-10,13H,11-12H2,1-2H3. The largest absolute Gasteiger partial charge is 0.491 e. The summed E-state index contributed by atoms with van der Waals surface area (Å²) in [6.07, 6.45) is 0.0803. The van der Waals surface area contributed by atoms with Gasteiger partial charge < -0.3 is 4.74 Å². The summed E-state index contributed by atoms with van der Waals surface area (Å²) in [5, 5.41) is 0. The van der Waals surface area contributed by atoms with Gasteiger partial charge in [0, 0.05) is 22.1 Å². The zero-order chi connectivity index (χ0) is 15.2. The molecule has 2 nitrogen and oxygen atoms in total. The number of hydrogen-bond donors (Lipinski definition) is 0. The van der Waals surface area contributed by atoms with Gasteiger partial charge in [-0.1, -0.05) is 30.3 Å². The highest BCUT2D eigenvalue weighted by atomic mass is 32.2. The van der Waals surface area contributed by atoms with E-state index in [1.54, 1.807) is 12.1 Å². The molecule has 0 fully saturated rings. The minimum atomic E-state index is -1.06. The average Bonchev–Trinajstić information content (AvgIpc) is 2.43. The Morgan fingerprint density at radius 2 is 1.71 bits per heavy atom. The Morgan fingerprint density at radius 3 is 2.38 bits per heavy atom. The number of benzene rings is 2. The molecule has 0 spiro atoms. The van der Waals surface area contributed by atoms with Gasteiger partial charge in [0.1, 0.15) is 11.6 Å². The van der Waals surface area contributed by atoms with Crippen molar-refractivity contribution in [1.29, 1.82) is 0 Å². The van der Waals surface area contributed by atoms with E-state index in [2.05, 4.69) is 0 Å². The third kappa shape index (κ3) is 4.97. The fraction of sp³-hybridized carbons (Fsp3) is 0.294. The van der Waals surface area contributed by atoms with Gasteiger partial charge in [0.2, 0.25) is 0 Å². The first-order valence-corrected chi connectivity index (χ1v) is 8.37. The SMILES string of the molecule is CC(C)Oc1ccccc1CS(=O)Cc1ccc(F)cc1. The molecule has 0 radical (unpaired) electrons. The van der Waals surface area contributed by atoms with Gasteiger partial charge in [-0.05, 0) is 37.6 Å². The van der Waals surface area contributed by atoms with Gasteiger partial charge in [-0.25, -0.2) is 4.39 Å². The molecule has 2 rings (SSSR count). The summed E-state index contributed by atoms with van der Waals surface area (Å²) >= 11 is 0. The molecule has 0 amide bonds. The van der Waals surface area contributed by atoms with Crippen LogP contribution in [-0.4, -0.2) is 10.3 Å². The first kappa shape index (κ1) is 15.7. The second kappa shape index (κ2) is 7.36. The lowest BCUT2D eigenvalue weighted by atomic mass is 10.2. The van der Waals surface area contributed by atoms with Crippen molar-refractivity contribution in [2.75, 3.05) is 0 Å². The Hall–Kier alpha value is -1.68. The number of ether oxygens (including phenoxy) is 1. The Labute approximate surface area is 127 Å². The summed E-state index contributed by atoms with van der Waals surface area (Å²) in [5.41, 5.74) is 1.81. The van der Waals surface area contributed by atoms with Crippen LogP contribution in [0.5, 0.6) is 5.75 Å². The maximum absolute atomic E-state index is 12.9. The van der Waals surface area contributed by atoms with E-state index in [4.69, 9.17) is 4.74 Å². The number of halogens is 1. The fourth-order valence-electron chi connectivity index (χ4n) is 1.98. The molecule has 0 aromatic heterocycles. The molecule has 0 saturated heterocycles.